The van der Waals surface area contributed by atoms with Crippen LogP contribution in [0.2, 0.25) is 0 Å². The minimum Gasteiger partial charge on any atom is -0.271 e. The van der Waals surface area contributed by atoms with Gasteiger partial charge in [0, 0.05) is 4.47 Å². The largest absolute Gasteiger partial charge is 0.271 e. The van der Waals surface area contributed by atoms with Crippen LogP contribution >= 0.6 is 15.9 Å². The summed E-state index contributed by atoms with van der Waals surface area (Å²) in [6, 6.07) is 10.9. The van der Waals surface area contributed by atoms with Gasteiger partial charge in [0.25, 0.3) is 0 Å². The molecule has 19 heavy (non-hydrogen) atoms. The molecule has 2 rings (SSSR count). The van der Waals surface area contributed by atoms with Crippen LogP contribution in [0.5, 0.6) is 0 Å². The van der Waals surface area contributed by atoms with Gasteiger partial charge in [-0.25, -0.2) is 9.82 Å². The number of halogens is 2. The molecule has 0 aliphatic carbocycles. The first-order chi connectivity index (χ1) is 9.02. The first-order valence-corrected chi connectivity index (χ1v) is 6.80. The molecule has 0 aliphatic heterocycles. The Hall–Kier alpha value is -1.23. The molecule has 0 aromatic heterocycles. The number of benzene rings is 2. The van der Waals surface area contributed by atoms with Crippen molar-refractivity contribution in [1.29, 1.82) is 0 Å². The van der Waals surface area contributed by atoms with E-state index in [0.717, 1.165) is 21.2 Å². The predicted molar refractivity (Wildman–Crippen MR) is 79.2 cm³/mol. The number of hydrazine groups is 1. The summed E-state index contributed by atoms with van der Waals surface area (Å²) in [6.45, 7) is 3.77. The second-order valence-electron chi connectivity index (χ2n) is 4.63. The highest BCUT2D eigenvalue weighted by molar-refractivity contribution is 9.10. The maximum Gasteiger partial charge on any atom is 0.126 e. The van der Waals surface area contributed by atoms with Crippen LogP contribution < -0.4 is 11.3 Å². The van der Waals surface area contributed by atoms with E-state index in [1.807, 2.05) is 25.1 Å². The fourth-order valence-electron chi connectivity index (χ4n) is 2.10. The van der Waals surface area contributed by atoms with E-state index in [1.54, 1.807) is 13.0 Å². The van der Waals surface area contributed by atoms with Crippen LogP contribution in [-0.2, 0) is 0 Å². The summed E-state index contributed by atoms with van der Waals surface area (Å²) in [6.07, 6.45) is 0. The highest BCUT2D eigenvalue weighted by Gasteiger charge is 2.16. The lowest BCUT2D eigenvalue weighted by Crippen LogP contribution is -2.29. The van der Waals surface area contributed by atoms with Crippen molar-refractivity contribution in [3.05, 3.63) is 68.9 Å². The zero-order valence-corrected chi connectivity index (χ0v) is 12.5. The van der Waals surface area contributed by atoms with Crippen LogP contribution in [0.1, 0.15) is 28.3 Å². The molecule has 0 radical (unpaired) electrons. The van der Waals surface area contributed by atoms with Crippen LogP contribution in [0.4, 0.5) is 4.39 Å². The van der Waals surface area contributed by atoms with E-state index in [1.165, 1.54) is 6.07 Å². The van der Waals surface area contributed by atoms with Gasteiger partial charge in [0.1, 0.15) is 5.82 Å². The molecule has 2 nitrogen and oxygen atoms in total. The van der Waals surface area contributed by atoms with Crippen molar-refractivity contribution in [2.75, 3.05) is 0 Å². The average molecular weight is 323 g/mol. The van der Waals surface area contributed by atoms with Gasteiger partial charge >= 0.3 is 0 Å². The highest BCUT2D eigenvalue weighted by Crippen LogP contribution is 2.29. The third-order valence-electron chi connectivity index (χ3n) is 3.14. The number of nitrogens with two attached hydrogens (primary N) is 1. The summed E-state index contributed by atoms with van der Waals surface area (Å²) in [5, 5.41) is 0. The minimum atomic E-state index is -0.206. The van der Waals surface area contributed by atoms with E-state index in [2.05, 4.69) is 27.4 Å². The zero-order chi connectivity index (χ0) is 14.0. The molecule has 0 saturated carbocycles. The van der Waals surface area contributed by atoms with E-state index in [4.69, 9.17) is 5.84 Å². The van der Waals surface area contributed by atoms with Crippen molar-refractivity contribution in [3.8, 4) is 0 Å². The zero-order valence-electron chi connectivity index (χ0n) is 10.9. The number of aryl methyl sites for hydroxylation is 2. The third kappa shape index (κ3) is 3.03. The second kappa shape index (κ2) is 5.82. The van der Waals surface area contributed by atoms with Gasteiger partial charge in [0.15, 0.2) is 0 Å². The Morgan fingerprint density at radius 2 is 1.89 bits per heavy atom. The van der Waals surface area contributed by atoms with Crippen LogP contribution in [-0.4, -0.2) is 0 Å². The van der Waals surface area contributed by atoms with Gasteiger partial charge in [-0.05, 0) is 42.7 Å². The molecule has 0 fully saturated rings. The summed E-state index contributed by atoms with van der Waals surface area (Å²) in [5.41, 5.74) is 6.53. The van der Waals surface area contributed by atoms with Crippen LogP contribution in [0.15, 0.2) is 40.9 Å². The lowest BCUT2D eigenvalue weighted by molar-refractivity contribution is 0.607. The third-order valence-corrected chi connectivity index (χ3v) is 3.87. The Bertz CT molecular complexity index is 599. The molecule has 1 unspecified atom stereocenters. The Morgan fingerprint density at radius 1 is 1.16 bits per heavy atom. The SMILES string of the molecule is Cc1ccc(Br)c(C(NN)c2ccc(F)c(C)c2)c1. The van der Waals surface area contributed by atoms with E-state index in [9.17, 15) is 4.39 Å². The number of hydrogen-bond acceptors (Lipinski definition) is 2. The lowest BCUT2D eigenvalue weighted by atomic mass is 9.96. The van der Waals surface area contributed by atoms with E-state index in [0.29, 0.717) is 5.56 Å². The standard InChI is InChI=1S/C15H16BrFN2/c1-9-3-5-13(16)12(7-9)15(19-18)11-4-6-14(17)10(2)8-11/h3-8,15,19H,18H2,1-2H3. The maximum absolute atomic E-state index is 13.4. The molecular formula is C15H16BrFN2. The summed E-state index contributed by atoms with van der Waals surface area (Å²) in [5.74, 6) is 5.47. The van der Waals surface area contributed by atoms with E-state index >= 15 is 0 Å². The van der Waals surface area contributed by atoms with Gasteiger partial charge in [0.05, 0.1) is 6.04 Å². The lowest BCUT2D eigenvalue weighted by Gasteiger charge is -2.19. The molecule has 0 heterocycles. The van der Waals surface area contributed by atoms with Crippen molar-refractivity contribution >= 4 is 15.9 Å². The van der Waals surface area contributed by atoms with E-state index in [-0.39, 0.29) is 11.9 Å². The molecule has 0 bridgehead atoms. The monoisotopic (exact) mass is 322 g/mol. The van der Waals surface area contributed by atoms with Gasteiger partial charge in [-0.1, -0.05) is 45.8 Å². The first kappa shape index (κ1) is 14.2. The van der Waals surface area contributed by atoms with Crippen molar-refractivity contribution in [2.45, 2.75) is 19.9 Å². The second-order valence-corrected chi connectivity index (χ2v) is 5.49. The number of hydrogen-bond donors (Lipinski definition) is 2. The van der Waals surface area contributed by atoms with Crippen LogP contribution in [0.3, 0.4) is 0 Å². The van der Waals surface area contributed by atoms with Crippen molar-refractivity contribution in [2.24, 2.45) is 5.84 Å². The molecule has 0 aliphatic rings. The molecule has 1 atom stereocenters. The maximum atomic E-state index is 13.4. The molecular weight excluding hydrogens is 307 g/mol. The molecule has 0 saturated heterocycles. The number of rotatable bonds is 3. The average Bonchev–Trinajstić information content (AvgIpc) is 2.38. The van der Waals surface area contributed by atoms with Gasteiger partial charge in [-0.3, -0.25) is 5.84 Å². The van der Waals surface area contributed by atoms with Crippen molar-refractivity contribution < 1.29 is 4.39 Å². The topological polar surface area (TPSA) is 38.0 Å². The molecule has 0 amide bonds. The molecule has 2 aromatic carbocycles. The first-order valence-electron chi connectivity index (χ1n) is 6.01. The smallest absolute Gasteiger partial charge is 0.126 e. The summed E-state index contributed by atoms with van der Waals surface area (Å²) >= 11 is 3.53. The normalized spacial score (nSPS) is 12.5. The van der Waals surface area contributed by atoms with Gasteiger partial charge < -0.3 is 0 Å². The Balaban J connectivity index is 2.49. The summed E-state index contributed by atoms with van der Waals surface area (Å²) < 4.78 is 14.3. The van der Waals surface area contributed by atoms with Crippen molar-refractivity contribution in [3.63, 3.8) is 0 Å². The summed E-state index contributed by atoms with van der Waals surface area (Å²) in [7, 11) is 0. The molecule has 100 valence electrons. The fourth-order valence-corrected chi connectivity index (χ4v) is 2.57. The fraction of sp³-hybridized carbons (Fsp3) is 0.200. The molecule has 4 heteroatoms. The quantitative estimate of drug-likeness (QED) is 0.667. The van der Waals surface area contributed by atoms with Crippen LogP contribution in [0.25, 0.3) is 0 Å². The Labute approximate surface area is 120 Å². The minimum absolute atomic E-state index is 0.173. The van der Waals surface area contributed by atoms with Gasteiger partial charge in [-0.15, -0.1) is 0 Å². The van der Waals surface area contributed by atoms with E-state index < -0.39 is 0 Å². The Morgan fingerprint density at radius 3 is 2.53 bits per heavy atom. The molecule has 0 spiro atoms. The Kier molecular flexibility index (Phi) is 4.34. The molecule has 3 N–H and O–H groups in total. The molecule has 2 aromatic rings. The number of nitrogens with one attached hydrogen (secondary N) is 1. The summed E-state index contributed by atoms with van der Waals surface area (Å²) in [4.78, 5) is 0. The highest BCUT2D eigenvalue weighted by atomic mass is 79.9. The van der Waals surface area contributed by atoms with Gasteiger partial charge in [-0.2, -0.15) is 0 Å². The van der Waals surface area contributed by atoms with Gasteiger partial charge in [0.2, 0.25) is 0 Å². The predicted octanol–water partition coefficient (Wildman–Crippen LogP) is 3.76. The van der Waals surface area contributed by atoms with Crippen LogP contribution in [0, 0.1) is 19.7 Å². The van der Waals surface area contributed by atoms with Crippen molar-refractivity contribution in [1.82, 2.24) is 5.43 Å².